The third-order valence-electron chi connectivity index (χ3n) is 4.90. The van der Waals surface area contributed by atoms with E-state index in [4.69, 9.17) is 0 Å². The van der Waals surface area contributed by atoms with Crippen LogP contribution in [0, 0.1) is 0 Å². The van der Waals surface area contributed by atoms with E-state index in [2.05, 4.69) is 27.0 Å². The molecule has 0 aliphatic carbocycles. The molecule has 0 bridgehead atoms. The van der Waals surface area contributed by atoms with E-state index in [1.165, 1.54) is 11.8 Å². The van der Waals surface area contributed by atoms with Gasteiger partial charge in [0.25, 0.3) is 5.24 Å². The van der Waals surface area contributed by atoms with Crippen molar-refractivity contribution in [1.82, 2.24) is 20.1 Å². The molecule has 7 nitrogen and oxygen atoms in total. The minimum Gasteiger partial charge on any atom is -0.354 e. The summed E-state index contributed by atoms with van der Waals surface area (Å²) in [7, 11) is 0. The average Bonchev–Trinajstić information content (AvgIpc) is 3.10. The Morgan fingerprint density at radius 1 is 1.23 bits per heavy atom. The van der Waals surface area contributed by atoms with Crippen LogP contribution in [0.15, 0.2) is 18.3 Å². The molecule has 26 heavy (non-hydrogen) atoms. The number of piperazine rings is 1. The highest BCUT2D eigenvalue weighted by Crippen LogP contribution is 2.17. The number of anilines is 1. The molecule has 0 unspecified atom stereocenters. The standard InChI is InChI=1S/C18H27N5O2S/c1-2-21-7-9-22(10-8-21)16-4-3-15(13-19-16)14-20-17(24)5-6-23-11-12-26-18(23)25/h3-4,13H,2,5-12,14H2,1H3,(H,20,24). The number of aromatic nitrogens is 1. The summed E-state index contributed by atoms with van der Waals surface area (Å²) in [5.74, 6) is 1.79. The van der Waals surface area contributed by atoms with E-state index >= 15 is 0 Å². The molecule has 0 aromatic carbocycles. The van der Waals surface area contributed by atoms with Gasteiger partial charge in [0.1, 0.15) is 5.82 Å². The molecule has 142 valence electrons. The molecule has 1 aromatic rings. The largest absolute Gasteiger partial charge is 0.354 e. The van der Waals surface area contributed by atoms with Crippen molar-refractivity contribution in [2.75, 3.05) is 56.5 Å². The monoisotopic (exact) mass is 377 g/mol. The second-order valence-electron chi connectivity index (χ2n) is 6.57. The summed E-state index contributed by atoms with van der Waals surface area (Å²) in [6, 6.07) is 4.05. The quantitative estimate of drug-likeness (QED) is 0.775. The van der Waals surface area contributed by atoms with E-state index in [9.17, 15) is 9.59 Å². The lowest BCUT2D eigenvalue weighted by molar-refractivity contribution is -0.121. The van der Waals surface area contributed by atoms with E-state index in [0.29, 0.717) is 19.5 Å². The smallest absolute Gasteiger partial charge is 0.281 e. The fourth-order valence-corrected chi connectivity index (χ4v) is 4.01. The number of amides is 2. The zero-order chi connectivity index (χ0) is 18.4. The van der Waals surface area contributed by atoms with Crippen LogP contribution in [-0.2, 0) is 11.3 Å². The van der Waals surface area contributed by atoms with Crippen LogP contribution in [-0.4, -0.2) is 77.5 Å². The summed E-state index contributed by atoms with van der Waals surface area (Å²) in [4.78, 5) is 34.5. The van der Waals surface area contributed by atoms with Gasteiger partial charge in [-0.05, 0) is 18.2 Å². The average molecular weight is 378 g/mol. The van der Waals surface area contributed by atoms with Gasteiger partial charge in [-0.15, -0.1) is 0 Å². The van der Waals surface area contributed by atoms with Gasteiger partial charge in [0, 0.05) is 64.2 Å². The molecule has 0 saturated carbocycles. The van der Waals surface area contributed by atoms with Gasteiger partial charge in [0.2, 0.25) is 5.91 Å². The third kappa shape index (κ3) is 5.11. The van der Waals surface area contributed by atoms with E-state index in [-0.39, 0.29) is 11.1 Å². The van der Waals surface area contributed by atoms with Gasteiger partial charge in [-0.1, -0.05) is 24.8 Å². The van der Waals surface area contributed by atoms with Crippen LogP contribution in [0.4, 0.5) is 10.6 Å². The maximum atomic E-state index is 12.0. The lowest BCUT2D eigenvalue weighted by Crippen LogP contribution is -2.46. The zero-order valence-corrected chi connectivity index (χ0v) is 16.1. The van der Waals surface area contributed by atoms with Gasteiger partial charge < -0.3 is 20.0 Å². The molecule has 8 heteroatoms. The molecule has 0 radical (unpaired) electrons. The van der Waals surface area contributed by atoms with Gasteiger partial charge in [-0.25, -0.2) is 4.98 Å². The van der Waals surface area contributed by atoms with Gasteiger partial charge >= 0.3 is 0 Å². The first kappa shape index (κ1) is 19.0. The van der Waals surface area contributed by atoms with Crippen molar-refractivity contribution in [3.8, 4) is 0 Å². The Morgan fingerprint density at radius 3 is 2.65 bits per heavy atom. The number of hydrogen-bond acceptors (Lipinski definition) is 6. The SMILES string of the molecule is CCN1CCN(c2ccc(CNC(=O)CCN3CCSC3=O)cn2)CC1. The molecule has 2 aliphatic rings. The van der Waals surface area contributed by atoms with E-state index < -0.39 is 0 Å². The Morgan fingerprint density at radius 2 is 2.04 bits per heavy atom. The van der Waals surface area contributed by atoms with Gasteiger partial charge in [-0.3, -0.25) is 9.59 Å². The number of thioether (sulfide) groups is 1. The van der Waals surface area contributed by atoms with Crippen molar-refractivity contribution in [1.29, 1.82) is 0 Å². The van der Waals surface area contributed by atoms with Crippen LogP contribution >= 0.6 is 11.8 Å². The molecule has 2 fully saturated rings. The highest BCUT2D eigenvalue weighted by atomic mass is 32.2. The van der Waals surface area contributed by atoms with Crippen LogP contribution in [0.1, 0.15) is 18.9 Å². The van der Waals surface area contributed by atoms with Crippen molar-refractivity contribution >= 4 is 28.7 Å². The Hall–Kier alpha value is -1.80. The molecule has 2 saturated heterocycles. The first-order valence-corrected chi connectivity index (χ1v) is 10.2. The van der Waals surface area contributed by atoms with Crippen molar-refractivity contribution in [2.45, 2.75) is 19.9 Å². The highest BCUT2D eigenvalue weighted by Gasteiger charge is 2.21. The van der Waals surface area contributed by atoms with Crippen molar-refractivity contribution < 1.29 is 9.59 Å². The summed E-state index contributed by atoms with van der Waals surface area (Å²) in [5.41, 5.74) is 0.988. The number of carbonyl (C=O) groups is 2. The normalized spacial score (nSPS) is 18.4. The van der Waals surface area contributed by atoms with Gasteiger partial charge in [0.15, 0.2) is 0 Å². The molecule has 2 amide bonds. The third-order valence-corrected chi connectivity index (χ3v) is 5.79. The summed E-state index contributed by atoms with van der Waals surface area (Å²) >= 11 is 1.32. The Balaban J connectivity index is 1.40. The fourth-order valence-electron chi connectivity index (χ4n) is 3.16. The number of likely N-dealkylation sites (N-methyl/N-ethyl adjacent to an activating group) is 1. The molecule has 0 spiro atoms. The van der Waals surface area contributed by atoms with Crippen molar-refractivity contribution in [2.24, 2.45) is 0 Å². The number of hydrogen-bond donors (Lipinski definition) is 1. The molecule has 3 rings (SSSR count). The molecule has 0 atom stereocenters. The first-order chi connectivity index (χ1) is 12.7. The molecule has 1 N–H and O–H groups in total. The number of rotatable bonds is 7. The predicted molar refractivity (Wildman–Crippen MR) is 104 cm³/mol. The molecular formula is C18H27N5O2S. The fraction of sp³-hybridized carbons (Fsp3) is 0.611. The first-order valence-electron chi connectivity index (χ1n) is 9.26. The maximum Gasteiger partial charge on any atom is 0.281 e. The zero-order valence-electron chi connectivity index (χ0n) is 15.3. The highest BCUT2D eigenvalue weighted by molar-refractivity contribution is 8.13. The van der Waals surface area contributed by atoms with Gasteiger partial charge in [0.05, 0.1) is 0 Å². The lowest BCUT2D eigenvalue weighted by Gasteiger charge is -2.34. The van der Waals surface area contributed by atoms with Crippen molar-refractivity contribution in [3.63, 3.8) is 0 Å². The maximum absolute atomic E-state index is 12.0. The molecule has 2 aliphatic heterocycles. The van der Waals surface area contributed by atoms with E-state index in [1.807, 2.05) is 18.3 Å². The Labute approximate surface area is 159 Å². The van der Waals surface area contributed by atoms with Crippen LogP contribution in [0.3, 0.4) is 0 Å². The van der Waals surface area contributed by atoms with Crippen LogP contribution in [0.5, 0.6) is 0 Å². The number of nitrogens with zero attached hydrogens (tertiary/aromatic N) is 4. The number of carbonyl (C=O) groups excluding carboxylic acids is 2. The molecule has 1 aromatic heterocycles. The van der Waals surface area contributed by atoms with Gasteiger partial charge in [-0.2, -0.15) is 0 Å². The second-order valence-corrected chi connectivity index (χ2v) is 7.62. The summed E-state index contributed by atoms with van der Waals surface area (Å²) in [5, 5.41) is 2.99. The second kappa shape index (κ2) is 9.23. The predicted octanol–water partition coefficient (Wildman–Crippen LogP) is 1.40. The van der Waals surface area contributed by atoms with Crippen LogP contribution < -0.4 is 10.2 Å². The lowest BCUT2D eigenvalue weighted by atomic mass is 10.2. The van der Waals surface area contributed by atoms with Crippen LogP contribution in [0.25, 0.3) is 0 Å². The number of pyridine rings is 1. The van der Waals surface area contributed by atoms with Crippen LogP contribution in [0.2, 0.25) is 0 Å². The minimum absolute atomic E-state index is 0.0329. The van der Waals surface area contributed by atoms with Crippen molar-refractivity contribution in [3.05, 3.63) is 23.9 Å². The van der Waals surface area contributed by atoms with E-state index in [0.717, 1.165) is 56.4 Å². The number of nitrogens with one attached hydrogen (secondary N) is 1. The topological polar surface area (TPSA) is 68.8 Å². The molecule has 3 heterocycles. The summed E-state index contributed by atoms with van der Waals surface area (Å²) in [6.07, 6.45) is 2.18. The summed E-state index contributed by atoms with van der Waals surface area (Å²) in [6.45, 7) is 9.17. The molecular weight excluding hydrogens is 350 g/mol. The Bertz CT molecular complexity index is 617. The van der Waals surface area contributed by atoms with E-state index in [1.54, 1.807) is 4.90 Å². The Kier molecular flexibility index (Phi) is 6.73. The minimum atomic E-state index is -0.0329. The summed E-state index contributed by atoms with van der Waals surface area (Å²) < 4.78 is 0.